The molecule has 0 aliphatic carbocycles. The minimum absolute atomic E-state index is 0.373. The molecule has 100 valence electrons. The van der Waals surface area contributed by atoms with Gasteiger partial charge in [-0.05, 0) is 12.0 Å². The van der Waals surface area contributed by atoms with Crippen molar-refractivity contribution in [3.8, 4) is 5.75 Å². The molecule has 0 bridgehead atoms. The van der Waals surface area contributed by atoms with Crippen molar-refractivity contribution in [1.82, 2.24) is 5.32 Å². The first kappa shape index (κ1) is 13.4. The second-order valence-electron chi connectivity index (χ2n) is 5.20. The molecule has 0 aromatic heterocycles. The summed E-state index contributed by atoms with van der Waals surface area (Å²) in [7, 11) is 1.76. The van der Waals surface area contributed by atoms with Gasteiger partial charge in [0.25, 0.3) is 0 Å². The number of hydrogen-bond acceptors (Lipinski definition) is 3. The van der Waals surface area contributed by atoms with Crippen LogP contribution in [0.2, 0.25) is 0 Å². The van der Waals surface area contributed by atoms with Crippen molar-refractivity contribution in [3.05, 3.63) is 29.8 Å². The quantitative estimate of drug-likeness (QED) is 0.870. The van der Waals surface area contributed by atoms with Crippen LogP contribution in [0.15, 0.2) is 24.3 Å². The van der Waals surface area contributed by atoms with Crippen LogP contribution in [0.5, 0.6) is 5.75 Å². The summed E-state index contributed by atoms with van der Waals surface area (Å²) in [4.78, 5) is 0. The van der Waals surface area contributed by atoms with Crippen LogP contribution in [-0.2, 0) is 4.74 Å². The van der Waals surface area contributed by atoms with Gasteiger partial charge in [0.2, 0.25) is 0 Å². The Morgan fingerprint density at radius 3 is 2.89 bits per heavy atom. The summed E-state index contributed by atoms with van der Waals surface area (Å²) in [5.74, 6) is 1.57. The molecule has 1 aliphatic rings. The summed E-state index contributed by atoms with van der Waals surface area (Å²) in [5, 5.41) is 3.71. The van der Waals surface area contributed by atoms with E-state index in [9.17, 15) is 0 Å². The molecule has 0 radical (unpaired) electrons. The van der Waals surface area contributed by atoms with E-state index in [-0.39, 0.29) is 0 Å². The maximum Gasteiger partial charge on any atom is 0.124 e. The molecule has 1 N–H and O–H groups in total. The van der Waals surface area contributed by atoms with Crippen molar-refractivity contribution in [2.24, 2.45) is 5.92 Å². The second kappa shape index (κ2) is 6.21. The summed E-state index contributed by atoms with van der Waals surface area (Å²) in [6, 6.07) is 9.04. The Hall–Kier alpha value is -1.06. The van der Waals surface area contributed by atoms with Gasteiger partial charge in [-0.1, -0.05) is 32.0 Å². The van der Waals surface area contributed by atoms with Gasteiger partial charge in [-0.2, -0.15) is 0 Å². The molecule has 2 atom stereocenters. The van der Waals surface area contributed by atoms with E-state index in [1.165, 1.54) is 5.56 Å². The molecule has 2 unspecified atom stereocenters. The Balaban J connectivity index is 2.10. The highest BCUT2D eigenvalue weighted by Gasteiger charge is 2.24. The molecule has 0 saturated carbocycles. The number of fused-ring (bicyclic) bond motifs is 1. The van der Waals surface area contributed by atoms with Crippen molar-refractivity contribution in [3.63, 3.8) is 0 Å². The van der Waals surface area contributed by atoms with Crippen LogP contribution in [0.1, 0.15) is 31.9 Å². The number of benzene rings is 1. The summed E-state index contributed by atoms with van der Waals surface area (Å²) in [5.41, 5.74) is 1.27. The van der Waals surface area contributed by atoms with Crippen molar-refractivity contribution >= 4 is 0 Å². The highest BCUT2D eigenvalue weighted by atomic mass is 16.5. The molecular weight excluding hydrogens is 226 g/mol. The van der Waals surface area contributed by atoms with Gasteiger partial charge in [0, 0.05) is 31.2 Å². The number of hydrogen-bond donors (Lipinski definition) is 1. The Kier molecular flexibility index (Phi) is 4.61. The zero-order valence-electron chi connectivity index (χ0n) is 11.5. The van der Waals surface area contributed by atoms with Crippen LogP contribution in [0.4, 0.5) is 0 Å². The first-order chi connectivity index (χ1) is 8.72. The molecular formula is C15H23NO2. The van der Waals surface area contributed by atoms with Crippen LogP contribution in [0.25, 0.3) is 0 Å². The van der Waals surface area contributed by atoms with Crippen molar-refractivity contribution in [2.45, 2.75) is 32.4 Å². The normalized spacial score (nSPS) is 20.3. The molecule has 0 amide bonds. The predicted octanol–water partition coefficient (Wildman–Crippen LogP) is 2.77. The number of ether oxygens (including phenoxy) is 2. The van der Waals surface area contributed by atoms with Gasteiger partial charge >= 0.3 is 0 Å². The van der Waals surface area contributed by atoms with E-state index < -0.39 is 0 Å². The Morgan fingerprint density at radius 1 is 1.39 bits per heavy atom. The van der Waals surface area contributed by atoms with Gasteiger partial charge in [0.15, 0.2) is 0 Å². The standard InChI is InChI=1S/C15H23NO2/c1-11(2)14(10-17-3)16-13-8-9-18-15-7-5-4-6-12(13)15/h4-7,11,13-14,16H,8-10H2,1-3H3. The van der Waals surface area contributed by atoms with E-state index in [1.54, 1.807) is 7.11 Å². The molecule has 1 heterocycles. The van der Waals surface area contributed by atoms with Gasteiger partial charge in [0.1, 0.15) is 5.75 Å². The average Bonchev–Trinajstić information content (AvgIpc) is 2.38. The number of methoxy groups -OCH3 is 1. The highest BCUT2D eigenvalue weighted by molar-refractivity contribution is 5.37. The van der Waals surface area contributed by atoms with E-state index >= 15 is 0 Å². The van der Waals surface area contributed by atoms with Gasteiger partial charge in [-0.15, -0.1) is 0 Å². The molecule has 3 heteroatoms. The lowest BCUT2D eigenvalue weighted by Crippen LogP contribution is -2.41. The Morgan fingerprint density at radius 2 is 2.17 bits per heavy atom. The van der Waals surface area contributed by atoms with Crippen LogP contribution < -0.4 is 10.1 Å². The Bertz CT molecular complexity index is 379. The van der Waals surface area contributed by atoms with Gasteiger partial charge < -0.3 is 14.8 Å². The highest BCUT2D eigenvalue weighted by Crippen LogP contribution is 2.32. The molecule has 3 nitrogen and oxygen atoms in total. The van der Waals surface area contributed by atoms with E-state index in [1.807, 2.05) is 12.1 Å². The predicted molar refractivity (Wildman–Crippen MR) is 72.9 cm³/mol. The topological polar surface area (TPSA) is 30.5 Å². The number of nitrogens with one attached hydrogen (secondary N) is 1. The molecule has 2 rings (SSSR count). The van der Waals surface area contributed by atoms with Crippen molar-refractivity contribution in [1.29, 1.82) is 0 Å². The monoisotopic (exact) mass is 249 g/mol. The lowest BCUT2D eigenvalue weighted by atomic mass is 9.97. The van der Waals surface area contributed by atoms with Crippen molar-refractivity contribution in [2.75, 3.05) is 20.3 Å². The molecule has 1 aromatic rings. The van der Waals surface area contributed by atoms with Crippen LogP contribution >= 0.6 is 0 Å². The van der Waals surface area contributed by atoms with Crippen molar-refractivity contribution < 1.29 is 9.47 Å². The SMILES string of the molecule is COCC(NC1CCOc2ccccc21)C(C)C. The summed E-state index contributed by atoms with van der Waals surface area (Å²) >= 11 is 0. The smallest absolute Gasteiger partial charge is 0.124 e. The number of para-hydroxylation sites is 1. The van der Waals surface area contributed by atoms with Gasteiger partial charge in [-0.25, -0.2) is 0 Å². The summed E-state index contributed by atoms with van der Waals surface area (Å²) in [6.45, 7) is 5.98. The third-order valence-electron chi connectivity index (χ3n) is 3.52. The lowest BCUT2D eigenvalue weighted by molar-refractivity contribution is 0.133. The zero-order chi connectivity index (χ0) is 13.0. The largest absolute Gasteiger partial charge is 0.493 e. The fraction of sp³-hybridized carbons (Fsp3) is 0.600. The van der Waals surface area contributed by atoms with Crippen LogP contribution in [0, 0.1) is 5.92 Å². The average molecular weight is 249 g/mol. The molecule has 0 spiro atoms. The van der Waals surface area contributed by atoms with Gasteiger partial charge in [-0.3, -0.25) is 0 Å². The summed E-state index contributed by atoms with van der Waals surface area (Å²) < 4.78 is 11.0. The fourth-order valence-corrected chi connectivity index (χ4v) is 2.39. The molecule has 18 heavy (non-hydrogen) atoms. The number of rotatable bonds is 5. The first-order valence-electron chi connectivity index (χ1n) is 6.69. The maximum atomic E-state index is 5.68. The zero-order valence-corrected chi connectivity index (χ0v) is 11.5. The third kappa shape index (κ3) is 3.03. The van der Waals surface area contributed by atoms with E-state index in [0.29, 0.717) is 18.0 Å². The Labute approximate surface area is 109 Å². The van der Waals surface area contributed by atoms with Crippen LogP contribution in [0.3, 0.4) is 0 Å². The molecule has 1 aromatic carbocycles. The summed E-state index contributed by atoms with van der Waals surface area (Å²) in [6.07, 6.45) is 1.02. The third-order valence-corrected chi connectivity index (χ3v) is 3.52. The lowest BCUT2D eigenvalue weighted by Gasteiger charge is -2.32. The molecule has 0 saturated heterocycles. The van der Waals surface area contributed by atoms with E-state index in [2.05, 4.69) is 31.3 Å². The minimum Gasteiger partial charge on any atom is -0.493 e. The van der Waals surface area contributed by atoms with E-state index in [0.717, 1.165) is 25.4 Å². The molecule has 0 fully saturated rings. The second-order valence-corrected chi connectivity index (χ2v) is 5.20. The first-order valence-corrected chi connectivity index (χ1v) is 6.69. The van der Waals surface area contributed by atoms with E-state index in [4.69, 9.17) is 9.47 Å². The van der Waals surface area contributed by atoms with Gasteiger partial charge in [0.05, 0.1) is 13.2 Å². The fourth-order valence-electron chi connectivity index (χ4n) is 2.39. The maximum absolute atomic E-state index is 5.68. The van der Waals surface area contributed by atoms with Crippen LogP contribution in [-0.4, -0.2) is 26.4 Å². The minimum atomic E-state index is 0.373. The molecule has 1 aliphatic heterocycles.